The van der Waals surface area contributed by atoms with E-state index in [0.717, 1.165) is 103 Å². The molecule has 0 saturated heterocycles. The zero-order valence-electron chi connectivity index (χ0n) is 88.8. The number of nitrogens with one attached hydrogen (secondary N) is 3. The van der Waals surface area contributed by atoms with Crippen LogP contribution >= 0.6 is 62.1 Å². The molecule has 0 aromatic rings. The van der Waals surface area contributed by atoms with Crippen molar-refractivity contribution in [1.82, 2.24) is 30.7 Å². The minimum Gasteiger partial charge on any atom is -0.481 e. The van der Waals surface area contributed by atoms with Crippen LogP contribution in [0, 0.1) is 0 Å². The molecule has 0 fully saturated rings. The van der Waals surface area contributed by atoms with Gasteiger partial charge in [-0.05, 0) is 74.8 Å². The number of ether oxygens (including phenoxy) is 12. The van der Waals surface area contributed by atoms with Crippen LogP contribution in [0.2, 0.25) is 0 Å². The number of rotatable bonds is 112. The van der Waals surface area contributed by atoms with Gasteiger partial charge in [0.25, 0.3) is 0 Å². The Kier molecular flexibility index (Phi) is 117. The molecule has 5 N–H and O–H groups in total. The summed E-state index contributed by atoms with van der Waals surface area (Å²) in [5, 5.41) is 26.1. The first kappa shape index (κ1) is 144. The number of carbonyl (C=O) groups excluding carboxylic acids is 12. The molecule has 842 valence electrons. The van der Waals surface area contributed by atoms with Crippen LogP contribution in [-0.4, -0.2) is 323 Å². The van der Waals surface area contributed by atoms with Crippen LogP contribution in [0.15, 0.2) is 0 Å². The highest BCUT2D eigenvalue weighted by molar-refractivity contribution is 8.11. The molecule has 0 aliphatic heterocycles. The number of nitrogens with zero attached hydrogens (tertiary/aromatic N) is 3. The monoisotopic (exact) mass is 2180 g/mol. The Bertz CT molecular complexity index is 3090. The zero-order chi connectivity index (χ0) is 106. The van der Waals surface area contributed by atoms with E-state index in [2.05, 4.69) is 68.5 Å². The van der Waals surface area contributed by atoms with E-state index < -0.39 is 11.9 Å². The highest BCUT2D eigenvalue weighted by Gasteiger charge is 2.19. The second kappa shape index (κ2) is 116. The molecular weight excluding hydrogens is 1990 g/mol. The fraction of sp³-hybridized carbons (Fsp3) is 0.864. The molecular formula is C103H197N6O28P7. The number of Topliss-reactive ketones (excluding diaryl/α,β-unsaturated/α-hetero) is 1. The van der Waals surface area contributed by atoms with Crippen molar-refractivity contribution in [3.8, 4) is 0 Å². The summed E-state index contributed by atoms with van der Waals surface area (Å²) in [4.78, 5) is 168. The van der Waals surface area contributed by atoms with Crippen LogP contribution in [0.25, 0.3) is 0 Å². The van der Waals surface area contributed by atoms with Crippen LogP contribution in [0.4, 0.5) is 0 Å². The van der Waals surface area contributed by atoms with Gasteiger partial charge in [-0.25, -0.2) is 0 Å². The fourth-order valence-electron chi connectivity index (χ4n) is 14.4. The van der Waals surface area contributed by atoms with E-state index in [1.807, 2.05) is 0 Å². The van der Waals surface area contributed by atoms with Gasteiger partial charge in [0.2, 0.25) is 35.4 Å². The zero-order valence-corrected chi connectivity index (χ0v) is 96.5. The largest absolute Gasteiger partial charge is 0.481 e. The van der Waals surface area contributed by atoms with Crippen molar-refractivity contribution >= 4 is 143 Å². The molecule has 144 heavy (non-hydrogen) atoms. The maximum absolute atomic E-state index is 13.0. The summed E-state index contributed by atoms with van der Waals surface area (Å²) < 4.78 is 66.0. The van der Waals surface area contributed by atoms with Gasteiger partial charge in [-0.15, -0.1) is 17.9 Å². The number of carboxylic acids is 2. The summed E-state index contributed by atoms with van der Waals surface area (Å²) >= 11 is 0. The van der Waals surface area contributed by atoms with Crippen molar-refractivity contribution in [3.05, 3.63) is 0 Å². The Hall–Kier alpha value is -3.69. The van der Waals surface area contributed by atoms with E-state index in [0.29, 0.717) is 320 Å². The van der Waals surface area contributed by atoms with Crippen molar-refractivity contribution < 1.29 is 134 Å². The third-order valence-electron chi connectivity index (χ3n) is 22.9. The quantitative estimate of drug-likeness (QED) is 0.0279. The van der Waals surface area contributed by atoms with E-state index in [9.17, 15) is 67.1 Å². The fourth-order valence-corrected chi connectivity index (χ4v) is 16.1. The third kappa shape index (κ3) is 119. The number of hydrogen-bond donors (Lipinski definition) is 5. The van der Waals surface area contributed by atoms with Crippen LogP contribution in [0.1, 0.15) is 361 Å². The lowest BCUT2D eigenvalue weighted by molar-refractivity contribution is -0.138. The van der Waals surface area contributed by atoms with E-state index in [1.54, 1.807) is 14.7 Å². The third-order valence-corrected chi connectivity index (χ3v) is 26.9. The highest BCUT2D eigenvalue weighted by Crippen LogP contribution is 2.24. The van der Waals surface area contributed by atoms with E-state index in [1.165, 1.54) is 142 Å². The maximum atomic E-state index is 13.0. The van der Waals surface area contributed by atoms with Crippen LogP contribution < -0.4 is 16.0 Å². The Morgan fingerprint density at radius 2 is 0.403 bits per heavy atom. The molecule has 0 radical (unpaired) electrons. The lowest BCUT2D eigenvalue weighted by Gasteiger charge is -2.23. The molecule has 0 rings (SSSR count). The first-order chi connectivity index (χ1) is 69.9. The van der Waals surface area contributed by atoms with E-state index in [-0.39, 0.29) is 91.8 Å². The Morgan fingerprint density at radius 1 is 0.222 bits per heavy atom. The molecule has 7 unspecified atom stereocenters. The second-order valence-electron chi connectivity index (χ2n) is 35.9. The SMILES string of the molecule is CC(=O)CCOCCOCCN(CCOCCOCCC(=O)P)C(=O)CCCNC(=O)CCCCCCCCCCCCCCCCC(=O)O.CCCCCCCCCCCCCCCCCC(=O)NCCCC(=O)N(CCOCCOCCC(=O)P)CCOCCOCCC(=O)PP.O=C(O)CCCCCCCCCCC(=O)NCCCC(=O)N(CCOCCOCCC(=O)P)CCOCCOCCC(=O)PP. The van der Waals surface area contributed by atoms with Crippen molar-refractivity contribution in [2.75, 3.05) is 217 Å². The average Bonchev–Trinajstić information content (AvgIpc) is 0.943. The van der Waals surface area contributed by atoms with Crippen LogP contribution in [0.5, 0.6) is 0 Å². The lowest BCUT2D eigenvalue weighted by Crippen LogP contribution is -2.37. The predicted molar refractivity (Wildman–Crippen MR) is 590 cm³/mol. The molecule has 0 aliphatic rings. The summed E-state index contributed by atoms with van der Waals surface area (Å²) in [6, 6.07) is 0. The maximum Gasteiger partial charge on any atom is 0.303 e. The summed E-state index contributed by atoms with van der Waals surface area (Å²) in [5.41, 5.74) is 0.333. The molecule has 0 aromatic heterocycles. The first-order valence-electron chi connectivity index (χ1n) is 54.2. The summed E-state index contributed by atoms with van der Waals surface area (Å²) in [6.07, 6.45) is 50.4. The molecule has 0 spiro atoms. The number of carbonyl (C=O) groups is 14. The van der Waals surface area contributed by atoms with Gasteiger partial charge < -0.3 is 97.7 Å². The van der Waals surface area contributed by atoms with Gasteiger partial charge in [0, 0.05) is 149 Å². The van der Waals surface area contributed by atoms with Gasteiger partial charge in [-0.1, -0.05) is 240 Å². The van der Waals surface area contributed by atoms with Gasteiger partial charge in [0.05, 0.1) is 159 Å². The topological polar surface area (TPSA) is 436 Å². The predicted octanol–water partition coefficient (Wildman–Crippen LogP) is 17.0. The number of amides is 6. The average molecular weight is 2180 g/mol. The molecule has 41 heteroatoms. The number of ketones is 1. The molecule has 0 heterocycles. The Balaban J connectivity index is -0.00000207. The Labute approximate surface area is 880 Å². The van der Waals surface area contributed by atoms with Crippen LogP contribution in [0.3, 0.4) is 0 Å². The highest BCUT2D eigenvalue weighted by atomic mass is 32.0. The van der Waals surface area contributed by atoms with Gasteiger partial charge in [0.15, 0.2) is 27.6 Å². The molecule has 0 aromatic carbocycles. The minimum atomic E-state index is -0.734. The normalized spacial score (nSPS) is 11.2. The Morgan fingerprint density at radius 3 is 0.590 bits per heavy atom. The molecule has 0 aliphatic carbocycles. The second-order valence-corrected chi connectivity index (χ2v) is 41.2. The van der Waals surface area contributed by atoms with Crippen molar-refractivity contribution in [1.29, 1.82) is 0 Å². The summed E-state index contributed by atoms with van der Waals surface area (Å²) in [7, 11) is 11.6. The first-order valence-corrected chi connectivity index (χ1v) is 61.6. The van der Waals surface area contributed by atoms with Gasteiger partial charge in [-0.2, -0.15) is 0 Å². The molecule has 7 atom stereocenters. The van der Waals surface area contributed by atoms with Gasteiger partial charge in [0.1, 0.15) is 5.78 Å². The van der Waals surface area contributed by atoms with Crippen LogP contribution in [-0.2, 0) is 124 Å². The van der Waals surface area contributed by atoms with Crippen molar-refractivity contribution in [3.63, 3.8) is 0 Å². The van der Waals surface area contributed by atoms with Crippen molar-refractivity contribution in [2.45, 2.75) is 361 Å². The van der Waals surface area contributed by atoms with E-state index in [4.69, 9.17) is 67.1 Å². The number of aliphatic carboxylic acids is 2. The summed E-state index contributed by atoms with van der Waals surface area (Å²) in [6.45, 7) is 16.5. The molecule has 0 bridgehead atoms. The van der Waals surface area contributed by atoms with Gasteiger partial charge >= 0.3 is 11.9 Å². The van der Waals surface area contributed by atoms with Crippen molar-refractivity contribution in [2.24, 2.45) is 0 Å². The summed E-state index contributed by atoms with van der Waals surface area (Å²) in [5.74, 6) is -1.32. The number of carboxylic acid groups (broad SMARTS) is 2. The number of unbranched alkanes of at least 4 members (excludes halogenated alkanes) is 34. The molecule has 6 amide bonds. The smallest absolute Gasteiger partial charge is 0.303 e. The standard InChI is InChI=1S/C37H69N2O10P.C36H71N2O8P3.C30H57N2O10P3/c1-33(40)20-25-46-29-31-48-27-23-39(24-28-49-32-30-47-26-21-37(45)50)35(42)18-16-22-38-34(41)17-14-12-10-8-6-4-2-3-5-7-9-11-13-15-19-36(43)44;1-2-3-4-5-6-7-8-9-10-11-12-13-14-15-16-18-33(39)37-22-17-19-34(40)38(23-27-45-31-29-43-25-20-35(41)47)24-28-46-32-30-44-26-21-36(42)49-48;33-26(10-7-5-3-1-2-4-6-8-12-28(35)36)31-15-9-11-27(34)32(16-20-41-24-22-39-18-13-29(37)43)17-21-42-25-23-40-19-14-30(38)45-44/h2-32,50H2,1H3,(H,38,41)(H,43,44);49H,2-32,47-48H2,1H3,(H,37,39);45H,1-25,43-44H2,(H,31,33)(H,35,36). The van der Waals surface area contributed by atoms with E-state index >= 15 is 0 Å². The molecule has 34 nitrogen and oxygen atoms in total. The lowest BCUT2D eigenvalue weighted by atomic mass is 10.0. The molecule has 0 saturated carbocycles. The number of hydrogen-bond acceptors (Lipinski definition) is 26. The van der Waals surface area contributed by atoms with Gasteiger partial charge in [-0.3, -0.25) is 67.1 Å². The minimum absolute atomic E-state index is 0.000338.